The Morgan fingerprint density at radius 3 is 2.50 bits per heavy atom. The van der Waals surface area contributed by atoms with Crippen LogP contribution in [-0.4, -0.2) is 49.0 Å². The van der Waals surface area contributed by atoms with Crippen molar-refractivity contribution in [2.24, 2.45) is 0 Å². The van der Waals surface area contributed by atoms with Crippen molar-refractivity contribution in [2.75, 3.05) is 20.3 Å². The summed E-state index contributed by atoms with van der Waals surface area (Å²) >= 11 is 0. The summed E-state index contributed by atoms with van der Waals surface area (Å²) in [5, 5.41) is 3.02. The van der Waals surface area contributed by atoms with E-state index in [0.717, 1.165) is 31.2 Å². The molecule has 0 bridgehead atoms. The lowest BCUT2D eigenvalue weighted by atomic mass is 9.95. The number of hydrogen-bond donors (Lipinski definition) is 1. The molecule has 2 aliphatic rings. The zero-order valence-corrected chi connectivity index (χ0v) is 18.7. The van der Waals surface area contributed by atoms with Gasteiger partial charge in [-0.3, -0.25) is 9.59 Å². The van der Waals surface area contributed by atoms with Crippen LogP contribution in [0.3, 0.4) is 0 Å². The van der Waals surface area contributed by atoms with Gasteiger partial charge in [-0.2, -0.15) is 0 Å². The molecule has 0 atom stereocenters. The first-order valence-electron chi connectivity index (χ1n) is 10.9. The second kappa shape index (κ2) is 10.8. The molecule has 1 saturated carbocycles. The molecule has 2 amide bonds. The molecule has 170 valence electrons. The first-order chi connectivity index (χ1) is 15.4. The molecular weight excluding hydrogens is 408 g/mol. The zero-order valence-electron chi connectivity index (χ0n) is 18.7. The van der Waals surface area contributed by atoms with Crippen molar-refractivity contribution in [3.63, 3.8) is 0 Å². The number of nitrogens with one attached hydrogen (secondary N) is 1. The number of rotatable bonds is 8. The molecule has 1 heterocycles. The van der Waals surface area contributed by atoms with Crippen molar-refractivity contribution in [3.05, 3.63) is 59.3 Å². The van der Waals surface area contributed by atoms with Gasteiger partial charge < -0.3 is 19.7 Å². The number of methoxy groups -OCH3 is 1. The van der Waals surface area contributed by atoms with Gasteiger partial charge >= 0.3 is 5.97 Å². The maximum Gasteiger partial charge on any atom is 0.340 e. The number of allylic oxidation sites excluding steroid dienone is 1. The SMILES string of the molecule is C=CCN1C(=O)/C(=C\c2ccc(OCC(=O)NC3CCCCC3)cc2)C(C(=O)OC)=C1C. The molecule has 1 fully saturated rings. The van der Waals surface area contributed by atoms with Crippen molar-refractivity contribution in [1.29, 1.82) is 0 Å². The molecule has 3 rings (SSSR count). The third-order valence-corrected chi connectivity index (χ3v) is 5.74. The quantitative estimate of drug-likeness (QED) is 0.382. The Morgan fingerprint density at radius 1 is 1.19 bits per heavy atom. The van der Waals surface area contributed by atoms with E-state index >= 15 is 0 Å². The Morgan fingerprint density at radius 2 is 1.88 bits per heavy atom. The molecule has 1 N–H and O–H groups in total. The molecule has 7 heteroatoms. The Labute approximate surface area is 188 Å². The van der Waals surface area contributed by atoms with E-state index in [2.05, 4.69) is 11.9 Å². The molecule has 1 aromatic rings. The summed E-state index contributed by atoms with van der Waals surface area (Å²) in [6.07, 6.45) is 8.86. The predicted octanol–water partition coefficient (Wildman–Crippen LogP) is 3.37. The number of amides is 2. The molecule has 7 nitrogen and oxygen atoms in total. The summed E-state index contributed by atoms with van der Waals surface area (Å²) in [6, 6.07) is 7.26. The summed E-state index contributed by atoms with van der Waals surface area (Å²) < 4.78 is 10.5. The maximum absolute atomic E-state index is 12.8. The predicted molar refractivity (Wildman–Crippen MR) is 122 cm³/mol. The fourth-order valence-electron chi connectivity index (χ4n) is 4.07. The average molecular weight is 439 g/mol. The van der Waals surface area contributed by atoms with Gasteiger partial charge in [0.05, 0.1) is 18.3 Å². The number of esters is 1. The first-order valence-corrected chi connectivity index (χ1v) is 10.9. The van der Waals surface area contributed by atoms with Crippen molar-refractivity contribution < 1.29 is 23.9 Å². The molecule has 32 heavy (non-hydrogen) atoms. The standard InChI is InChI=1S/C25H30N2O5/c1-4-14-27-17(2)23(25(30)31-3)21(24(27)29)15-18-10-12-20(13-11-18)32-16-22(28)26-19-8-6-5-7-9-19/h4,10-13,15,19H,1,5-9,14,16H2,2-3H3,(H,26,28)/b21-15-. The van der Waals surface area contributed by atoms with Crippen LogP contribution in [0.5, 0.6) is 5.75 Å². The van der Waals surface area contributed by atoms with E-state index in [-0.39, 0.29) is 35.6 Å². The Kier molecular flexibility index (Phi) is 7.87. The van der Waals surface area contributed by atoms with E-state index in [4.69, 9.17) is 9.47 Å². The van der Waals surface area contributed by atoms with Crippen LogP contribution in [0, 0.1) is 0 Å². The number of carbonyl (C=O) groups is 3. The second-order valence-electron chi connectivity index (χ2n) is 7.97. The van der Waals surface area contributed by atoms with Gasteiger partial charge in [0.25, 0.3) is 11.8 Å². The molecule has 0 saturated heterocycles. The molecule has 0 spiro atoms. The van der Waals surface area contributed by atoms with Gasteiger partial charge in [0.15, 0.2) is 6.61 Å². The van der Waals surface area contributed by atoms with Gasteiger partial charge in [-0.05, 0) is 43.5 Å². The van der Waals surface area contributed by atoms with Crippen LogP contribution in [0.25, 0.3) is 6.08 Å². The summed E-state index contributed by atoms with van der Waals surface area (Å²) in [5.41, 5.74) is 1.79. The minimum Gasteiger partial charge on any atom is -0.484 e. The molecule has 1 aromatic carbocycles. The number of hydrogen-bond acceptors (Lipinski definition) is 5. The van der Waals surface area contributed by atoms with Crippen molar-refractivity contribution in [1.82, 2.24) is 10.2 Å². The van der Waals surface area contributed by atoms with Gasteiger partial charge in [0, 0.05) is 18.3 Å². The average Bonchev–Trinajstić information content (AvgIpc) is 3.03. The third kappa shape index (κ3) is 5.46. The van der Waals surface area contributed by atoms with E-state index in [1.54, 1.807) is 43.3 Å². The van der Waals surface area contributed by atoms with E-state index in [9.17, 15) is 14.4 Å². The second-order valence-corrected chi connectivity index (χ2v) is 7.97. The Balaban J connectivity index is 1.67. The molecular formula is C25H30N2O5. The fourth-order valence-corrected chi connectivity index (χ4v) is 4.07. The minimum atomic E-state index is -0.558. The van der Waals surface area contributed by atoms with Crippen LogP contribution in [-0.2, 0) is 19.1 Å². The molecule has 1 aliphatic heterocycles. The van der Waals surface area contributed by atoms with Crippen molar-refractivity contribution in [2.45, 2.75) is 45.1 Å². The third-order valence-electron chi connectivity index (χ3n) is 5.74. The van der Waals surface area contributed by atoms with Crippen LogP contribution >= 0.6 is 0 Å². The van der Waals surface area contributed by atoms with E-state index in [1.165, 1.54) is 18.4 Å². The minimum absolute atomic E-state index is 0.0413. The summed E-state index contributed by atoms with van der Waals surface area (Å²) in [5.74, 6) is -0.401. The van der Waals surface area contributed by atoms with Crippen LogP contribution in [0.1, 0.15) is 44.6 Å². The highest BCUT2D eigenvalue weighted by Crippen LogP contribution is 2.31. The van der Waals surface area contributed by atoms with Crippen LogP contribution < -0.4 is 10.1 Å². The summed E-state index contributed by atoms with van der Waals surface area (Å²) in [7, 11) is 1.29. The van der Waals surface area contributed by atoms with E-state index in [1.807, 2.05) is 0 Å². The summed E-state index contributed by atoms with van der Waals surface area (Å²) in [4.78, 5) is 38.7. The van der Waals surface area contributed by atoms with E-state index in [0.29, 0.717) is 18.0 Å². The fraction of sp³-hybridized carbons (Fsp3) is 0.400. The van der Waals surface area contributed by atoms with Gasteiger partial charge in [-0.15, -0.1) is 6.58 Å². The van der Waals surface area contributed by atoms with Gasteiger partial charge in [0.2, 0.25) is 0 Å². The highest BCUT2D eigenvalue weighted by Gasteiger charge is 2.36. The molecule has 0 radical (unpaired) electrons. The van der Waals surface area contributed by atoms with Crippen LogP contribution in [0.15, 0.2) is 53.8 Å². The highest BCUT2D eigenvalue weighted by atomic mass is 16.5. The smallest absolute Gasteiger partial charge is 0.340 e. The topological polar surface area (TPSA) is 84.9 Å². The maximum atomic E-state index is 12.8. The number of nitrogens with zero attached hydrogens (tertiary/aromatic N) is 1. The molecule has 0 aromatic heterocycles. The number of benzene rings is 1. The van der Waals surface area contributed by atoms with Crippen LogP contribution in [0.2, 0.25) is 0 Å². The normalized spacial score (nSPS) is 18.1. The van der Waals surface area contributed by atoms with Gasteiger partial charge in [-0.25, -0.2) is 4.79 Å². The van der Waals surface area contributed by atoms with Crippen molar-refractivity contribution in [3.8, 4) is 5.75 Å². The number of carbonyl (C=O) groups excluding carboxylic acids is 3. The Bertz CT molecular complexity index is 940. The lowest BCUT2D eigenvalue weighted by Gasteiger charge is -2.22. The highest BCUT2D eigenvalue weighted by molar-refractivity contribution is 6.16. The lowest BCUT2D eigenvalue weighted by Crippen LogP contribution is -2.38. The first kappa shape index (κ1) is 23.3. The van der Waals surface area contributed by atoms with Crippen LogP contribution in [0.4, 0.5) is 0 Å². The van der Waals surface area contributed by atoms with E-state index < -0.39 is 5.97 Å². The Hall–Kier alpha value is -3.35. The van der Waals surface area contributed by atoms with Gasteiger partial charge in [-0.1, -0.05) is 37.5 Å². The van der Waals surface area contributed by atoms with Gasteiger partial charge in [0.1, 0.15) is 5.75 Å². The lowest BCUT2D eigenvalue weighted by molar-refractivity contribution is -0.136. The number of ether oxygens (including phenoxy) is 2. The molecule has 1 aliphatic carbocycles. The summed E-state index contributed by atoms with van der Waals surface area (Å²) in [6.45, 7) is 5.64. The zero-order chi connectivity index (χ0) is 23.1. The monoisotopic (exact) mass is 438 g/mol. The molecule has 0 unspecified atom stereocenters. The van der Waals surface area contributed by atoms with Crippen molar-refractivity contribution >= 4 is 23.9 Å². The largest absolute Gasteiger partial charge is 0.484 e.